The molecule has 1 aliphatic rings. The Labute approximate surface area is 125 Å². The molecule has 0 radical (unpaired) electrons. The van der Waals surface area contributed by atoms with Crippen LogP contribution in [0.3, 0.4) is 0 Å². The maximum atomic E-state index is 11.7. The van der Waals surface area contributed by atoms with Crippen molar-refractivity contribution in [3.05, 3.63) is 46.7 Å². The summed E-state index contributed by atoms with van der Waals surface area (Å²) in [6.07, 6.45) is 5.14. The van der Waals surface area contributed by atoms with E-state index in [1.165, 1.54) is 0 Å². The summed E-state index contributed by atoms with van der Waals surface area (Å²) in [5.41, 5.74) is 1.12. The SMILES string of the molecule is O=C(O)C1(c2ccc(-n3nccc3Br)cc2)CCCC1. The number of halogens is 1. The van der Waals surface area contributed by atoms with Crippen LogP contribution in [-0.2, 0) is 10.2 Å². The van der Waals surface area contributed by atoms with Crippen LogP contribution in [0.4, 0.5) is 0 Å². The molecule has 0 unspecified atom stereocenters. The van der Waals surface area contributed by atoms with Gasteiger partial charge in [-0.2, -0.15) is 5.10 Å². The van der Waals surface area contributed by atoms with Gasteiger partial charge in [0.05, 0.1) is 17.3 Å². The highest BCUT2D eigenvalue weighted by Gasteiger charge is 2.42. The standard InChI is InChI=1S/C15H15BrN2O2/c16-13-7-10-17-18(13)12-5-3-11(4-6-12)15(14(19)20)8-1-2-9-15/h3-7,10H,1-2,8-9H2,(H,19,20). The largest absolute Gasteiger partial charge is 0.481 e. The van der Waals surface area contributed by atoms with Crippen LogP contribution in [0, 0.1) is 0 Å². The summed E-state index contributed by atoms with van der Waals surface area (Å²) in [5, 5.41) is 13.8. The molecule has 4 nitrogen and oxygen atoms in total. The number of carboxylic acid groups (broad SMARTS) is 1. The maximum absolute atomic E-state index is 11.7. The Morgan fingerprint density at radius 1 is 1.20 bits per heavy atom. The Kier molecular flexibility index (Phi) is 3.38. The van der Waals surface area contributed by atoms with Gasteiger partial charge in [-0.15, -0.1) is 0 Å². The highest BCUT2D eigenvalue weighted by Crippen LogP contribution is 2.41. The van der Waals surface area contributed by atoms with Crippen molar-refractivity contribution >= 4 is 21.9 Å². The molecule has 20 heavy (non-hydrogen) atoms. The van der Waals surface area contributed by atoms with Gasteiger partial charge in [-0.1, -0.05) is 25.0 Å². The molecular weight excluding hydrogens is 320 g/mol. The molecule has 1 aromatic carbocycles. The summed E-state index contributed by atoms with van der Waals surface area (Å²) >= 11 is 3.43. The molecule has 1 N–H and O–H groups in total. The second kappa shape index (κ2) is 5.05. The zero-order valence-electron chi connectivity index (χ0n) is 10.9. The third kappa shape index (κ3) is 2.06. The number of carbonyl (C=O) groups is 1. The van der Waals surface area contributed by atoms with Crippen molar-refractivity contribution in [1.29, 1.82) is 0 Å². The van der Waals surface area contributed by atoms with Crippen LogP contribution < -0.4 is 0 Å². The van der Waals surface area contributed by atoms with Crippen molar-refractivity contribution in [2.45, 2.75) is 31.1 Å². The summed E-state index contributed by atoms with van der Waals surface area (Å²) in [7, 11) is 0. The Morgan fingerprint density at radius 2 is 1.85 bits per heavy atom. The number of nitrogens with zero attached hydrogens (tertiary/aromatic N) is 2. The highest BCUT2D eigenvalue weighted by molar-refractivity contribution is 9.10. The van der Waals surface area contributed by atoms with E-state index >= 15 is 0 Å². The molecule has 0 saturated heterocycles. The number of aliphatic carboxylic acids is 1. The molecule has 0 aliphatic heterocycles. The van der Waals surface area contributed by atoms with Crippen molar-refractivity contribution in [3.8, 4) is 5.69 Å². The molecule has 0 amide bonds. The van der Waals surface area contributed by atoms with E-state index in [-0.39, 0.29) is 0 Å². The molecule has 1 saturated carbocycles. The van der Waals surface area contributed by atoms with E-state index < -0.39 is 11.4 Å². The predicted octanol–water partition coefficient (Wildman–Crippen LogP) is 3.53. The molecule has 3 rings (SSSR count). The highest BCUT2D eigenvalue weighted by atomic mass is 79.9. The fourth-order valence-corrected chi connectivity index (χ4v) is 3.42. The van der Waals surface area contributed by atoms with Crippen molar-refractivity contribution in [1.82, 2.24) is 9.78 Å². The van der Waals surface area contributed by atoms with E-state index in [0.717, 1.165) is 41.5 Å². The van der Waals surface area contributed by atoms with Gasteiger partial charge in [0, 0.05) is 0 Å². The van der Waals surface area contributed by atoms with Gasteiger partial charge >= 0.3 is 5.97 Å². The monoisotopic (exact) mass is 334 g/mol. The van der Waals surface area contributed by atoms with E-state index in [0.29, 0.717) is 0 Å². The van der Waals surface area contributed by atoms with Crippen molar-refractivity contribution in [3.63, 3.8) is 0 Å². The lowest BCUT2D eigenvalue weighted by molar-refractivity contribution is -0.143. The molecule has 1 fully saturated rings. The van der Waals surface area contributed by atoms with Crippen LogP contribution in [0.1, 0.15) is 31.2 Å². The molecule has 1 heterocycles. The minimum atomic E-state index is -0.706. The lowest BCUT2D eigenvalue weighted by atomic mass is 9.79. The van der Waals surface area contributed by atoms with Gasteiger partial charge in [0.2, 0.25) is 0 Å². The lowest BCUT2D eigenvalue weighted by Gasteiger charge is -2.24. The molecular formula is C15H15BrN2O2. The smallest absolute Gasteiger partial charge is 0.314 e. The number of benzene rings is 1. The third-order valence-electron chi connectivity index (χ3n) is 4.13. The summed E-state index contributed by atoms with van der Waals surface area (Å²) < 4.78 is 2.64. The quantitative estimate of drug-likeness (QED) is 0.934. The van der Waals surface area contributed by atoms with Crippen LogP contribution in [0.15, 0.2) is 41.1 Å². The Balaban J connectivity index is 1.97. The van der Waals surface area contributed by atoms with Gasteiger partial charge in [0.15, 0.2) is 0 Å². The Hall–Kier alpha value is -1.62. The topological polar surface area (TPSA) is 55.1 Å². The van der Waals surface area contributed by atoms with Gasteiger partial charge in [0.1, 0.15) is 4.60 Å². The maximum Gasteiger partial charge on any atom is 0.314 e. The van der Waals surface area contributed by atoms with Crippen LogP contribution >= 0.6 is 15.9 Å². The second-order valence-electron chi connectivity index (χ2n) is 5.21. The fraction of sp³-hybridized carbons (Fsp3) is 0.333. The molecule has 5 heteroatoms. The summed E-state index contributed by atoms with van der Waals surface area (Å²) in [4.78, 5) is 11.7. The van der Waals surface area contributed by atoms with E-state index in [1.807, 2.05) is 30.3 Å². The number of hydrogen-bond donors (Lipinski definition) is 1. The van der Waals surface area contributed by atoms with Gasteiger partial charge in [-0.3, -0.25) is 4.79 Å². The summed E-state index contributed by atoms with van der Waals surface area (Å²) in [6, 6.07) is 9.56. The average Bonchev–Trinajstić information content (AvgIpc) is 3.08. The Morgan fingerprint density at radius 3 is 2.35 bits per heavy atom. The van der Waals surface area contributed by atoms with Gasteiger partial charge in [-0.25, -0.2) is 4.68 Å². The first kappa shape index (κ1) is 13.4. The molecule has 1 aromatic heterocycles. The van der Waals surface area contributed by atoms with Crippen molar-refractivity contribution in [2.75, 3.05) is 0 Å². The van der Waals surface area contributed by atoms with E-state index in [2.05, 4.69) is 21.0 Å². The summed E-state index contributed by atoms with van der Waals surface area (Å²) in [6.45, 7) is 0. The Bertz CT molecular complexity index is 628. The molecule has 1 aliphatic carbocycles. The second-order valence-corrected chi connectivity index (χ2v) is 6.02. The fourth-order valence-electron chi connectivity index (χ4n) is 3.00. The van der Waals surface area contributed by atoms with Gasteiger partial charge < -0.3 is 5.11 Å². The van der Waals surface area contributed by atoms with Crippen LogP contribution in [-0.4, -0.2) is 20.9 Å². The number of hydrogen-bond acceptors (Lipinski definition) is 2. The van der Waals surface area contributed by atoms with Gasteiger partial charge in [0.25, 0.3) is 0 Å². The number of rotatable bonds is 3. The predicted molar refractivity (Wildman–Crippen MR) is 79.0 cm³/mol. The minimum absolute atomic E-state index is 0.695. The molecule has 104 valence electrons. The number of aromatic nitrogens is 2. The van der Waals surface area contributed by atoms with E-state index in [4.69, 9.17) is 0 Å². The summed E-state index contributed by atoms with van der Waals surface area (Å²) in [5.74, 6) is -0.706. The zero-order valence-corrected chi connectivity index (χ0v) is 12.5. The molecule has 0 bridgehead atoms. The third-order valence-corrected chi connectivity index (χ3v) is 4.73. The van der Waals surface area contributed by atoms with E-state index in [1.54, 1.807) is 10.9 Å². The van der Waals surface area contributed by atoms with Crippen molar-refractivity contribution < 1.29 is 9.90 Å². The number of carboxylic acids is 1. The average molecular weight is 335 g/mol. The molecule has 0 spiro atoms. The minimum Gasteiger partial charge on any atom is -0.481 e. The first-order chi connectivity index (χ1) is 9.63. The lowest BCUT2D eigenvalue weighted by Crippen LogP contribution is -2.32. The molecule has 0 atom stereocenters. The van der Waals surface area contributed by atoms with Gasteiger partial charge in [-0.05, 0) is 52.5 Å². The van der Waals surface area contributed by atoms with E-state index in [9.17, 15) is 9.90 Å². The van der Waals surface area contributed by atoms with Crippen molar-refractivity contribution in [2.24, 2.45) is 0 Å². The first-order valence-corrected chi connectivity index (χ1v) is 7.47. The normalized spacial score (nSPS) is 17.2. The molecule has 2 aromatic rings. The zero-order chi connectivity index (χ0) is 14.2. The first-order valence-electron chi connectivity index (χ1n) is 6.67. The van der Waals surface area contributed by atoms with Crippen LogP contribution in [0.2, 0.25) is 0 Å². The van der Waals surface area contributed by atoms with Crippen LogP contribution in [0.25, 0.3) is 5.69 Å². The van der Waals surface area contributed by atoms with Crippen LogP contribution in [0.5, 0.6) is 0 Å².